The van der Waals surface area contributed by atoms with E-state index < -0.39 is 22.6 Å². The van der Waals surface area contributed by atoms with Crippen molar-refractivity contribution in [2.24, 2.45) is 0 Å². The quantitative estimate of drug-likeness (QED) is 0.518. The first-order chi connectivity index (χ1) is 17.8. The Kier molecular flexibility index (Phi) is 8.81. The molecule has 1 heterocycles. The van der Waals surface area contributed by atoms with Gasteiger partial charge >= 0.3 is 0 Å². The van der Waals surface area contributed by atoms with Crippen LogP contribution in [0.3, 0.4) is 0 Å². The van der Waals surface area contributed by atoms with Crippen LogP contribution in [0.4, 0.5) is 11.4 Å². The molecule has 0 unspecified atom stereocenters. The minimum atomic E-state index is -1.77. The highest BCUT2D eigenvalue weighted by Crippen LogP contribution is 2.34. The van der Waals surface area contributed by atoms with Gasteiger partial charge in [-0.3, -0.25) is 18.6 Å². The Bertz CT molecular complexity index is 1190. The summed E-state index contributed by atoms with van der Waals surface area (Å²) in [6.45, 7) is 3.78. The summed E-state index contributed by atoms with van der Waals surface area (Å²) in [4.78, 5) is 40.0. The molecule has 2 aromatic carbocycles. The van der Waals surface area contributed by atoms with Crippen LogP contribution >= 0.6 is 0 Å². The van der Waals surface area contributed by atoms with Crippen molar-refractivity contribution in [2.75, 3.05) is 35.1 Å². The average Bonchev–Trinajstić information content (AvgIpc) is 3.31. The number of rotatable bonds is 9. The molecule has 10 heteroatoms. The molecule has 37 heavy (non-hydrogen) atoms. The summed E-state index contributed by atoms with van der Waals surface area (Å²) in [5, 5.41) is 5.72. The fraction of sp³-hybridized carbons (Fsp3) is 0.444. The molecule has 0 radical (unpaired) electrons. The zero-order valence-corrected chi connectivity index (χ0v) is 22.0. The largest absolute Gasteiger partial charge is 0.454 e. The molecule has 2 N–H and O–H groups in total. The van der Waals surface area contributed by atoms with Crippen LogP contribution in [-0.4, -0.2) is 52.8 Å². The van der Waals surface area contributed by atoms with Crippen molar-refractivity contribution in [3.05, 3.63) is 47.5 Å². The topological polar surface area (TPSA) is 114 Å². The van der Waals surface area contributed by atoms with Gasteiger partial charge in [-0.15, -0.1) is 0 Å². The van der Waals surface area contributed by atoms with E-state index in [1.807, 2.05) is 26.0 Å². The van der Waals surface area contributed by atoms with Gasteiger partial charge in [-0.1, -0.05) is 37.0 Å². The smallest absolute Gasteiger partial charge is 0.240 e. The molecule has 1 saturated carbocycles. The Morgan fingerprint density at radius 1 is 0.946 bits per heavy atom. The van der Waals surface area contributed by atoms with E-state index in [-0.39, 0.29) is 36.8 Å². The van der Waals surface area contributed by atoms with Gasteiger partial charge in [0.1, 0.15) is 18.1 Å². The second-order valence-electron chi connectivity index (χ2n) is 9.52. The Balaban J connectivity index is 1.38. The number of amides is 3. The van der Waals surface area contributed by atoms with Crippen LogP contribution in [0.25, 0.3) is 0 Å². The van der Waals surface area contributed by atoms with Crippen molar-refractivity contribution >= 4 is 39.9 Å². The van der Waals surface area contributed by atoms with Crippen molar-refractivity contribution in [3.63, 3.8) is 0 Å². The summed E-state index contributed by atoms with van der Waals surface area (Å²) in [5.41, 5.74) is 2.94. The third-order valence-corrected chi connectivity index (χ3v) is 7.60. The standard InChI is InChI=1S/C27H33N3O6S/c1-18-8-10-22(19(2)12-18)30(14-25(31)28-20-6-4-3-5-7-20)27(33)16-37(34)15-26(32)29-21-9-11-23-24(13-21)36-17-35-23/h8-13,20H,3-7,14-17H2,1-2H3,(H,28,31)(H,29,32)/t37-/m1/s1. The summed E-state index contributed by atoms with van der Waals surface area (Å²) in [6.07, 6.45) is 5.21. The van der Waals surface area contributed by atoms with E-state index in [4.69, 9.17) is 9.47 Å². The molecule has 198 valence electrons. The molecule has 2 aliphatic rings. The first-order valence-corrected chi connectivity index (χ1v) is 14.0. The molecule has 0 saturated heterocycles. The Morgan fingerprint density at radius 3 is 2.46 bits per heavy atom. The molecule has 0 spiro atoms. The maximum absolute atomic E-state index is 13.3. The highest BCUT2D eigenvalue weighted by atomic mass is 32.2. The Hall–Kier alpha value is -3.40. The van der Waals surface area contributed by atoms with Crippen LogP contribution in [0.15, 0.2) is 36.4 Å². The van der Waals surface area contributed by atoms with Crippen LogP contribution in [0.5, 0.6) is 11.5 Å². The lowest BCUT2D eigenvalue weighted by Crippen LogP contribution is -2.46. The molecule has 1 atom stereocenters. The maximum Gasteiger partial charge on any atom is 0.240 e. The number of aryl methyl sites for hydroxylation is 2. The van der Waals surface area contributed by atoms with Gasteiger partial charge in [-0.05, 0) is 50.5 Å². The van der Waals surface area contributed by atoms with Crippen molar-refractivity contribution in [3.8, 4) is 11.5 Å². The average molecular weight is 528 g/mol. The molecule has 1 fully saturated rings. The predicted octanol–water partition coefficient (Wildman–Crippen LogP) is 3.20. The highest BCUT2D eigenvalue weighted by molar-refractivity contribution is 7.86. The first-order valence-electron chi connectivity index (χ1n) is 12.5. The molecule has 0 bridgehead atoms. The number of ether oxygens (including phenoxy) is 2. The van der Waals surface area contributed by atoms with Crippen molar-refractivity contribution in [1.29, 1.82) is 0 Å². The Labute approximate surface area is 219 Å². The molecule has 1 aliphatic heterocycles. The van der Waals surface area contributed by atoms with Crippen LogP contribution < -0.4 is 25.0 Å². The van der Waals surface area contributed by atoms with Gasteiger partial charge in [0.2, 0.25) is 24.5 Å². The lowest BCUT2D eigenvalue weighted by atomic mass is 9.95. The van der Waals surface area contributed by atoms with E-state index in [9.17, 15) is 18.6 Å². The highest BCUT2D eigenvalue weighted by Gasteiger charge is 2.25. The third-order valence-electron chi connectivity index (χ3n) is 6.45. The number of anilines is 2. The summed E-state index contributed by atoms with van der Waals surface area (Å²) >= 11 is 0. The number of nitrogens with zero attached hydrogens (tertiary/aromatic N) is 1. The zero-order valence-electron chi connectivity index (χ0n) is 21.2. The van der Waals surface area contributed by atoms with E-state index >= 15 is 0 Å². The predicted molar refractivity (Wildman–Crippen MR) is 142 cm³/mol. The number of nitrogens with one attached hydrogen (secondary N) is 2. The number of carbonyl (C=O) groups excluding carboxylic acids is 3. The molecule has 3 amide bonds. The van der Waals surface area contributed by atoms with Gasteiger partial charge < -0.3 is 25.0 Å². The fourth-order valence-corrected chi connectivity index (χ4v) is 5.56. The molecular formula is C27H33N3O6S. The second kappa shape index (κ2) is 12.2. The monoisotopic (exact) mass is 527 g/mol. The number of fused-ring (bicyclic) bond motifs is 1. The third kappa shape index (κ3) is 7.31. The van der Waals surface area contributed by atoms with Crippen LogP contribution in [0.1, 0.15) is 43.2 Å². The van der Waals surface area contributed by atoms with Gasteiger partial charge in [-0.25, -0.2) is 0 Å². The molecule has 0 aromatic heterocycles. The molecular weight excluding hydrogens is 494 g/mol. The molecule has 9 nitrogen and oxygen atoms in total. The van der Waals surface area contributed by atoms with Crippen LogP contribution in [-0.2, 0) is 25.2 Å². The lowest BCUT2D eigenvalue weighted by molar-refractivity contribution is -0.123. The summed E-state index contributed by atoms with van der Waals surface area (Å²) < 4.78 is 23.3. The van der Waals surface area contributed by atoms with E-state index in [0.29, 0.717) is 22.9 Å². The number of carbonyl (C=O) groups is 3. The normalized spacial score (nSPS) is 15.6. The fourth-order valence-electron chi connectivity index (χ4n) is 4.66. The van der Waals surface area contributed by atoms with Crippen LogP contribution in [0, 0.1) is 13.8 Å². The Morgan fingerprint density at radius 2 is 1.70 bits per heavy atom. The van der Waals surface area contributed by atoms with Crippen molar-refractivity contribution in [2.45, 2.75) is 52.0 Å². The van der Waals surface area contributed by atoms with Gasteiger partial charge in [0, 0.05) is 34.3 Å². The van der Waals surface area contributed by atoms with Crippen molar-refractivity contribution < 1.29 is 28.1 Å². The summed E-state index contributed by atoms with van der Waals surface area (Å²) in [5.74, 6) is -0.825. The van der Waals surface area contributed by atoms with Gasteiger partial charge in [0.25, 0.3) is 0 Å². The summed E-state index contributed by atoms with van der Waals surface area (Å²) in [7, 11) is -1.77. The summed E-state index contributed by atoms with van der Waals surface area (Å²) in [6, 6.07) is 10.7. The molecule has 2 aromatic rings. The van der Waals surface area contributed by atoms with E-state index in [0.717, 1.165) is 36.8 Å². The van der Waals surface area contributed by atoms with Gasteiger partial charge in [-0.2, -0.15) is 0 Å². The zero-order chi connectivity index (χ0) is 26.4. The molecule has 4 rings (SSSR count). The van der Waals surface area contributed by atoms with E-state index in [1.165, 1.54) is 11.3 Å². The van der Waals surface area contributed by atoms with E-state index in [1.54, 1.807) is 24.3 Å². The maximum atomic E-state index is 13.3. The second-order valence-corrected chi connectivity index (χ2v) is 11.0. The van der Waals surface area contributed by atoms with Gasteiger partial charge in [0.05, 0.1) is 0 Å². The SMILES string of the molecule is Cc1ccc(N(CC(=O)NC2CCCCC2)C(=O)C[S@](=O)CC(=O)Nc2ccc3c(c2)OCO3)c(C)c1. The van der Waals surface area contributed by atoms with Gasteiger partial charge in [0.15, 0.2) is 11.5 Å². The van der Waals surface area contributed by atoms with E-state index in [2.05, 4.69) is 10.6 Å². The number of benzene rings is 2. The minimum Gasteiger partial charge on any atom is -0.454 e. The molecule has 1 aliphatic carbocycles. The first kappa shape index (κ1) is 26.7. The number of hydrogen-bond donors (Lipinski definition) is 2. The number of hydrogen-bond acceptors (Lipinski definition) is 6. The minimum absolute atomic E-state index is 0.117. The van der Waals surface area contributed by atoms with Crippen molar-refractivity contribution in [1.82, 2.24) is 5.32 Å². The van der Waals surface area contributed by atoms with Crippen LogP contribution in [0.2, 0.25) is 0 Å². The lowest BCUT2D eigenvalue weighted by Gasteiger charge is -2.27.